The van der Waals surface area contributed by atoms with Gasteiger partial charge in [-0.3, -0.25) is 4.57 Å². The minimum atomic E-state index is -0.403. The van der Waals surface area contributed by atoms with Crippen molar-refractivity contribution in [3.05, 3.63) is 39.7 Å². The van der Waals surface area contributed by atoms with Gasteiger partial charge in [-0.15, -0.1) is 10.2 Å². The van der Waals surface area contributed by atoms with Crippen molar-refractivity contribution in [1.82, 2.24) is 14.8 Å². The fraction of sp³-hybridized carbons (Fsp3) is 0.500. The summed E-state index contributed by atoms with van der Waals surface area (Å²) < 4.78 is 7.62. The predicted molar refractivity (Wildman–Crippen MR) is 117 cm³/mol. The van der Waals surface area contributed by atoms with Gasteiger partial charge in [0.2, 0.25) is 5.95 Å². The molecule has 1 aromatic carbocycles. The third kappa shape index (κ3) is 3.69. The maximum Gasteiger partial charge on any atom is 0.336 e. The average molecular weight is 427 g/mol. The van der Waals surface area contributed by atoms with Crippen LogP contribution in [0, 0.1) is 0 Å². The lowest BCUT2D eigenvalue weighted by molar-refractivity contribution is 0.466. The minimum absolute atomic E-state index is 0.164. The number of thioether (sulfide) groups is 1. The summed E-state index contributed by atoms with van der Waals surface area (Å²) in [4.78, 5) is 14.4. The van der Waals surface area contributed by atoms with Crippen LogP contribution >= 0.6 is 11.8 Å². The number of benzene rings is 1. The molecule has 8 heteroatoms. The first-order valence-electron chi connectivity index (χ1n) is 10.8. The zero-order valence-electron chi connectivity index (χ0n) is 17.1. The maximum absolute atomic E-state index is 12.1. The molecule has 0 bridgehead atoms. The van der Waals surface area contributed by atoms with Crippen LogP contribution in [0.25, 0.3) is 11.0 Å². The molecule has 0 atom stereocenters. The van der Waals surface area contributed by atoms with Crippen LogP contribution in [0.4, 0.5) is 5.95 Å². The van der Waals surface area contributed by atoms with Crippen molar-refractivity contribution >= 4 is 28.7 Å². The molecule has 1 aliphatic carbocycles. The summed E-state index contributed by atoms with van der Waals surface area (Å²) in [6.07, 6.45) is 6.75. The number of hydrogen-bond acceptors (Lipinski definition) is 7. The largest absolute Gasteiger partial charge is 0.508 e. The maximum atomic E-state index is 12.1. The first-order chi connectivity index (χ1) is 14.6. The first-order valence-corrected chi connectivity index (χ1v) is 11.7. The number of phenolic OH excluding ortho intramolecular Hbond substituents is 1. The molecular formula is C22H26N4O3S. The summed E-state index contributed by atoms with van der Waals surface area (Å²) in [6, 6.07) is 5.51. The van der Waals surface area contributed by atoms with Crippen LogP contribution in [0.3, 0.4) is 0 Å². The van der Waals surface area contributed by atoms with Crippen LogP contribution in [0.15, 0.2) is 32.6 Å². The van der Waals surface area contributed by atoms with Gasteiger partial charge in [0.15, 0.2) is 5.16 Å². The van der Waals surface area contributed by atoms with Gasteiger partial charge in [0.25, 0.3) is 0 Å². The molecule has 5 rings (SSSR count). The van der Waals surface area contributed by atoms with E-state index in [0.29, 0.717) is 23.8 Å². The number of anilines is 1. The highest BCUT2D eigenvalue weighted by Crippen LogP contribution is 2.42. The number of rotatable bonds is 6. The standard InChI is InChI=1S/C22H26N4O3S/c1-2-14-10-17-15(11-20(28)29-19(17)12-18(14)27)13-30-22-24-23-21(26(22)16-6-7-16)25-8-4-3-5-9-25/h10-12,16,27H,2-9,13H2,1H3. The Labute approximate surface area is 179 Å². The van der Waals surface area contributed by atoms with Gasteiger partial charge in [-0.25, -0.2) is 4.79 Å². The number of aromatic hydroxyl groups is 1. The second-order valence-electron chi connectivity index (χ2n) is 8.14. The molecule has 0 radical (unpaired) electrons. The first kappa shape index (κ1) is 19.5. The Morgan fingerprint density at radius 2 is 1.93 bits per heavy atom. The Balaban J connectivity index is 1.46. The molecule has 1 aliphatic heterocycles. The Morgan fingerprint density at radius 3 is 2.67 bits per heavy atom. The van der Waals surface area contributed by atoms with Gasteiger partial charge in [0, 0.05) is 42.4 Å². The predicted octanol–water partition coefficient (Wildman–Crippen LogP) is 4.27. The van der Waals surface area contributed by atoms with Gasteiger partial charge in [-0.05, 0) is 55.7 Å². The number of hydrogen-bond donors (Lipinski definition) is 1. The number of fused-ring (bicyclic) bond motifs is 1. The van der Waals surface area contributed by atoms with Crippen molar-refractivity contribution in [2.45, 2.75) is 62.4 Å². The van der Waals surface area contributed by atoms with E-state index in [-0.39, 0.29) is 5.75 Å². The van der Waals surface area contributed by atoms with E-state index in [1.165, 1.54) is 32.1 Å². The lowest BCUT2D eigenvalue weighted by Crippen LogP contribution is -2.31. The van der Waals surface area contributed by atoms with Crippen LogP contribution in [0.1, 0.15) is 56.2 Å². The molecule has 1 N–H and O–H groups in total. The summed E-state index contributed by atoms with van der Waals surface area (Å²) >= 11 is 1.61. The second kappa shape index (κ2) is 7.98. The van der Waals surface area contributed by atoms with E-state index in [1.54, 1.807) is 23.9 Å². The molecule has 0 unspecified atom stereocenters. The fourth-order valence-corrected chi connectivity index (χ4v) is 5.17. The number of phenols is 1. The van der Waals surface area contributed by atoms with Crippen LogP contribution in [-0.4, -0.2) is 33.0 Å². The van der Waals surface area contributed by atoms with Gasteiger partial charge >= 0.3 is 5.63 Å². The second-order valence-corrected chi connectivity index (χ2v) is 9.08. The highest BCUT2D eigenvalue weighted by atomic mass is 32.2. The average Bonchev–Trinajstić information content (AvgIpc) is 3.51. The van der Waals surface area contributed by atoms with Gasteiger partial charge in [-0.1, -0.05) is 18.7 Å². The summed E-state index contributed by atoms with van der Waals surface area (Å²) in [7, 11) is 0. The van der Waals surface area contributed by atoms with Crippen LogP contribution in [0.5, 0.6) is 5.75 Å². The molecule has 3 aromatic rings. The summed E-state index contributed by atoms with van der Waals surface area (Å²) in [5, 5.41) is 21.0. The molecule has 0 amide bonds. The summed E-state index contributed by atoms with van der Waals surface area (Å²) in [5.74, 6) is 1.76. The smallest absolute Gasteiger partial charge is 0.336 e. The number of piperidine rings is 1. The Morgan fingerprint density at radius 1 is 1.13 bits per heavy atom. The fourth-order valence-electron chi connectivity index (χ4n) is 4.18. The van der Waals surface area contributed by atoms with Crippen molar-refractivity contribution < 1.29 is 9.52 Å². The zero-order chi connectivity index (χ0) is 20.7. The Kier molecular flexibility index (Phi) is 5.18. The van der Waals surface area contributed by atoms with Gasteiger partial charge in [0.05, 0.1) is 0 Å². The van der Waals surface area contributed by atoms with Crippen LogP contribution in [-0.2, 0) is 12.2 Å². The molecular weight excluding hydrogens is 400 g/mol. The highest BCUT2D eigenvalue weighted by molar-refractivity contribution is 7.98. The van der Waals surface area contributed by atoms with E-state index >= 15 is 0 Å². The van der Waals surface area contributed by atoms with E-state index in [0.717, 1.165) is 40.7 Å². The molecule has 158 valence electrons. The van der Waals surface area contributed by atoms with Crippen LogP contribution in [0.2, 0.25) is 0 Å². The van der Waals surface area contributed by atoms with E-state index in [2.05, 4.69) is 19.7 Å². The molecule has 1 saturated carbocycles. The Hall–Kier alpha value is -2.48. The van der Waals surface area contributed by atoms with Crippen molar-refractivity contribution in [2.75, 3.05) is 18.0 Å². The SMILES string of the molecule is CCc1cc2c(CSc3nnc(N4CCCCC4)n3C3CC3)cc(=O)oc2cc1O. The van der Waals surface area contributed by atoms with Crippen molar-refractivity contribution in [3.63, 3.8) is 0 Å². The number of aryl methyl sites for hydroxylation is 1. The lowest BCUT2D eigenvalue weighted by atomic mass is 10.1. The van der Waals surface area contributed by atoms with Crippen molar-refractivity contribution in [1.29, 1.82) is 0 Å². The molecule has 2 fully saturated rings. The third-order valence-corrected chi connectivity index (χ3v) is 6.96. The monoisotopic (exact) mass is 426 g/mol. The third-order valence-electron chi connectivity index (χ3n) is 5.96. The Bertz CT molecular complexity index is 1130. The quantitative estimate of drug-likeness (QED) is 0.465. The molecule has 2 aromatic heterocycles. The molecule has 0 spiro atoms. The molecule has 30 heavy (non-hydrogen) atoms. The summed E-state index contributed by atoms with van der Waals surface area (Å²) in [5.41, 5.74) is 1.76. The molecule has 7 nitrogen and oxygen atoms in total. The van der Waals surface area contributed by atoms with E-state index in [1.807, 2.05) is 13.0 Å². The lowest BCUT2D eigenvalue weighted by Gasteiger charge is -2.27. The normalized spacial score (nSPS) is 17.0. The van der Waals surface area contributed by atoms with E-state index < -0.39 is 5.63 Å². The van der Waals surface area contributed by atoms with E-state index in [4.69, 9.17) is 4.42 Å². The van der Waals surface area contributed by atoms with E-state index in [9.17, 15) is 9.90 Å². The van der Waals surface area contributed by atoms with Crippen LogP contribution < -0.4 is 10.5 Å². The van der Waals surface area contributed by atoms with Crippen molar-refractivity contribution in [2.24, 2.45) is 0 Å². The topological polar surface area (TPSA) is 84.4 Å². The molecule has 2 aliphatic rings. The summed E-state index contributed by atoms with van der Waals surface area (Å²) in [6.45, 7) is 4.08. The molecule has 3 heterocycles. The van der Waals surface area contributed by atoms with Gasteiger partial charge in [0.1, 0.15) is 11.3 Å². The zero-order valence-corrected chi connectivity index (χ0v) is 18.0. The van der Waals surface area contributed by atoms with Crippen molar-refractivity contribution in [3.8, 4) is 5.75 Å². The highest BCUT2D eigenvalue weighted by Gasteiger charge is 2.32. The number of nitrogens with zero attached hydrogens (tertiary/aromatic N) is 4. The molecule has 1 saturated heterocycles. The number of aromatic nitrogens is 3. The van der Waals surface area contributed by atoms with Gasteiger partial charge < -0.3 is 14.4 Å². The minimum Gasteiger partial charge on any atom is -0.508 e. The van der Waals surface area contributed by atoms with Gasteiger partial charge in [-0.2, -0.15) is 0 Å².